The third-order valence-corrected chi connectivity index (χ3v) is 8.57. The fraction of sp³-hybridized carbons (Fsp3) is 0.900. The number of fused-ring (bicyclic) bond motifs is 5. The van der Waals surface area contributed by atoms with Crippen molar-refractivity contribution >= 4 is 0 Å². The van der Waals surface area contributed by atoms with Gasteiger partial charge in [0.2, 0.25) is 0 Å². The van der Waals surface area contributed by atoms with Crippen LogP contribution in [0.2, 0.25) is 0 Å². The largest absolute Gasteiger partial charge is 0.393 e. The SMILES string of the molecule is C=C1CCC2(C)C(CCC3C4CCC(O)C4(C)CCC32)C1. The van der Waals surface area contributed by atoms with Gasteiger partial charge in [-0.25, -0.2) is 0 Å². The van der Waals surface area contributed by atoms with Gasteiger partial charge in [0.15, 0.2) is 0 Å². The van der Waals surface area contributed by atoms with E-state index in [2.05, 4.69) is 20.4 Å². The summed E-state index contributed by atoms with van der Waals surface area (Å²) in [5.74, 6) is 3.52. The standard InChI is InChI=1S/C20H32O/c1-13-8-10-19(2)14(12-13)4-5-15-16-6-7-18(21)20(16,3)11-9-17(15)19/h14-18,21H,1,4-12H2,2-3H3. The predicted octanol–water partition coefficient (Wildman–Crippen LogP) is 4.95. The Morgan fingerprint density at radius 3 is 2.52 bits per heavy atom. The van der Waals surface area contributed by atoms with Crippen LogP contribution in [-0.4, -0.2) is 11.2 Å². The number of allylic oxidation sites excluding steroid dienone is 1. The van der Waals surface area contributed by atoms with Crippen LogP contribution in [0.15, 0.2) is 12.2 Å². The van der Waals surface area contributed by atoms with Gasteiger partial charge in [-0.3, -0.25) is 0 Å². The van der Waals surface area contributed by atoms with Gasteiger partial charge in [0.05, 0.1) is 6.10 Å². The molecule has 4 aliphatic carbocycles. The summed E-state index contributed by atoms with van der Waals surface area (Å²) in [5, 5.41) is 10.5. The molecular weight excluding hydrogens is 256 g/mol. The van der Waals surface area contributed by atoms with Gasteiger partial charge in [-0.2, -0.15) is 0 Å². The highest BCUT2D eigenvalue weighted by atomic mass is 16.3. The van der Waals surface area contributed by atoms with Crippen molar-refractivity contribution in [3.63, 3.8) is 0 Å². The van der Waals surface area contributed by atoms with E-state index in [-0.39, 0.29) is 11.5 Å². The summed E-state index contributed by atoms with van der Waals surface area (Å²) >= 11 is 0. The predicted molar refractivity (Wildman–Crippen MR) is 86.9 cm³/mol. The van der Waals surface area contributed by atoms with Crippen LogP contribution in [0.3, 0.4) is 0 Å². The Bertz CT molecular complexity index is 455. The fourth-order valence-corrected chi connectivity index (χ4v) is 7.13. The molecule has 7 unspecified atom stereocenters. The van der Waals surface area contributed by atoms with E-state index in [4.69, 9.17) is 0 Å². The number of aliphatic hydroxyl groups excluding tert-OH is 1. The van der Waals surface area contributed by atoms with Gasteiger partial charge in [0.25, 0.3) is 0 Å². The second-order valence-electron chi connectivity index (χ2n) is 9.25. The van der Waals surface area contributed by atoms with Crippen LogP contribution in [0.5, 0.6) is 0 Å². The molecule has 1 heteroatoms. The quantitative estimate of drug-likeness (QED) is 0.626. The third-order valence-electron chi connectivity index (χ3n) is 8.57. The number of hydrogen-bond acceptors (Lipinski definition) is 1. The Labute approximate surface area is 130 Å². The molecule has 0 aromatic rings. The van der Waals surface area contributed by atoms with Crippen molar-refractivity contribution in [2.75, 3.05) is 0 Å². The molecule has 4 rings (SSSR count). The van der Waals surface area contributed by atoms with Crippen molar-refractivity contribution in [1.29, 1.82) is 0 Å². The lowest BCUT2D eigenvalue weighted by molar-refractivity contribution is -0.115. The maximum atomic E-state index is 10.5. The highest BCUT2D eigenvalue weighted by Crippen LogP contribution is 2.66. The first-order valence-electron chi connectivity index (χ1n) is 9.30. The highest BCUT2D eigenvalue weighted by Gasteiger charge is 2.59. The van der Waals surface area contributed by atoms with Crippen LogP contribution < -0.4 is 0 Å². The van der Waals surface area contributed by atoms with Gasteiger partial charge in [0, 0.05) is 0 Å². The molecule has 7 atom stereocenters. The van der Waals surface area contributed by atoms with E-state index in [9.17, 15) is 5.11 Å². The average Bonchev–Trinajstić information content (AvgIpc) is 2.76. The summed E-state index contributed by atoms with van der Waals surface area (Å²) in [6.07, 6.45) is 11.7. The first-order valence-corrected chi connectivity index (χ1v) is 9.30. The van der Waals surface area contributed by atoms with Gasteiger partial charge in [-0.15, -0.1) is 0 Å². The highest BCUT2D eigenvalue weighted by molar-refractivity contribution is 5.13. The van der Waals surface area contributed by atoms with Crippen molar-refractivity contribution in [3.05, 3.63) is 12.2 Å². The van der Waals surface area contributed by atoms with E-state index in [1.54, 1.807) is 0 Å². The van der Waals surface area contributed by atoms with Gasteiger partial charge in [0.1, 0.15) is 0 Å². The zero-order valence-electron chi connectivity index (χ0n) is 13.9. The van der Waals surface area contributed by atoms with Crippen LogP contribution >= 0.6 is 0 Å². The molecule has 0 aromatic carbocycles. The Morgan fingerprint density at radius 1 is 0.952 bits per heavy atom. The van der Waals surface area contributed by atoms with Crippen LogP contribution in [0.25, 0.3) is 0 Å². The molecule has 0 aliphatic heterocycles. The molecule has 0 heterocycles. The molecule has 0 spiro atoms. The molecule has 0 bridgehead atoms. The summed E-state index contributed by atoms with van der Waals surface area (Å²) in [5.41, 5.74) is 2.31. The summed E-state index contributed by atoms with van der Waals surface area (Å²) < 4.78 is 0. The van der Waals surface area contributed by atoms with Crippen molar-refractivity contribution < 1.29 is 5.11 Å². The number of rotatable bonds is 0. The Balaban J connectivity index is 1.64. The van der Waals surface area contributed by atoms with E-state index in [1.807, 2.05) is 0 Å². The lowest BCUT2D eigenvalue weighted by Crippen LogP contribution is -2.53. The summed E-state index contributed by atoms with van der Waals surface area (Å²) in [6, 6.07) is 0. The van der Waals surface area contributed by atoms with Crippen molar-refractivity contribution in [2.45, 2.75) is 77.7 Å². The number of aliphatic hydroxyl groups is 1. The smallest absolute Gasteiger partial charge is 0.0596 e. The lowest BCUT2D eigenvalue weighted by atomic mass is 9.45. The van der Waals surface area contributed by atoms with E-state index in [1.165, 1.54) is 56.9 Å². The summed E-state index contributed by atoms with van der Waals surface area (Å²) in [4.78, 5) is 0. The zero-order valence-corrected chi connectivity index (χ0v) is 13.9. The van der Waals surface area contributed by atoms with Gasteiger partial charge < -0.3 is 5.11 Å². The number of hydrogen-bond donors (Lipinski definition) is 1. The molecule has 1 nitrogen and oxygen atoms in total. The van der Waals surface area contributed by atoms with E-state index in [0.29, 0.717) is 5.41 Å². The van der Waals surface area contributed by atoms with E-state index >= 15 is 0 Å². The maximum absolute atomic E-state index is 10.5. The first-order chi connectivity index (χ1) is 9.95. The summed E-state index contributed by atoms with van der Waals surface area (Å²) in [6.45, 7) is 9.28. The normalized spacial score (nSPS) is 56.5. The average molecular weight is 288 g/mol. The molecule has 0 aromatic heterocycles. The molecule has 118 valence electrons. The Kier molecular flexibility index (Phi) is 3.13. The van der Waals surface area contributed by atoms with E-state index < -0.39 is 0 Å². The van der Waals surface area contributed by atoms with Crippen molar-refractivity contribution in [2.24, 2.45) is 34.5 Å². The molecule has 4 fully saturated rings. The Morgan fingerprint density at radius 2 is 1.71 bits per heavy atom. The molecule has 1 N–H and O–H groups in total. The first kappa shape index (κ1) is 14.3. The van der Waals surface area contributed by atoms with Gasteiger partial charge in [-0.1, -0.05) is 26.0 Å². The van der Waals surface area contributed by atoms with Gasteiger partial charge in [-0.05, 0) is 92.3 Å². The zero-order chi connectivity index (χ0) is 14.8. The molecule has 21 heavy (non-hydrogen) atoms. The Hall–Kier alpha value is -0.300. The minimum Gasteiger partial charge on any atom is -0.393 e. The minimum atomic E-state index is -0.0277. The third kappa shape index (κ3) is 1.85. The van der Waals surface area contributed by atoms with Crippen molar-refractivity contribution in [1.82, 2.24) is 0 Å². The van der Waals surface area contributed by atoms with Crippen molar-refractivity contribution in [3.8, 4) is 0 Å². The molecule has 0 saturated heterocycles. The van der Waals surface area contributed by atoms with Crippen LogP contribution in [0.1, 0.15) is 71.6 Å². The molecule has 0 amide bonds. The molecular formula is C20H32O. The fourth-order valence-electron chi connectivity index (χ4n) is 7.13. The molecule has 0 radical (unpaired) electrons. The van der Waals surface area contributed by atoms with Crippen LogP contribution in [-0.2, 0) is 0 Å². The minimum absolute atomic E-state index is 0.0277. The van der Waals surface area contributed by atoms with Gasteiger partial charge >= 0.3 is 0 Å². The lowest BCUT2D eigenvalue weighted by Gasteiger charge is -2.60. The topological polar surface area (TPSA) is 20.2 Å². The molecule has 4 saturated carbocycles. The molecule has 4 aliphatic rings. The monoisotopic (exact) mass is 288 g/mol. The summed E-state index contributed by atoms with van der Waals surface area (Å²) in [7, 11) is 0. The van der Waals surface area contributed by atoms with E-state index in [0.717, 1.165) is 30.1 Å². The van der Waals surface area contributed by atoms with Crippen LogP contribution in [0.4, 0.5) is 0 Å². The van der Waals surface area contributed by atoms with Crippen LogP contribution in [0, 0.1) is 34.5 Å². The second-order valence-corrected chi connectivity index (χ2v) is 9.25. The second kappa shape index (κ2) is 4.60. The maximum Gasteiger partial charge on any atom is 0.0596 e.